The summed E-state index contributed by atoms with van der Waals surface area (Å²) >= 11 is 0. The summed E-state index contributed by atoms with van der Waals surface area (Å²) in [6.45, 7) is 2.85. The van der Waals surface area contributed by atoms with Crippen molar-refractivity contribution < 1.29 is 4.79 Å². The maximum atomic E-state index is 12.4. The van der Waals surface area contributed by atoms with Gasteiger partial charge in [-0.3, -0.25) is 10.1 Å². The summed E-state index contributed by atoms with van der Waals surface area (Å²) in [4.78, 5) is 12.4. The molecule has 23 heavy (non-hydrogen) atoms. The molecule has 2 N–H and O–H groups in total. The normalized spacial score (nSPS) is 21.6. The first kappa shape index (κ1) is 16.5. The molecular weight excluding hydrogens is 284 g/mol. The Balaban J connectivity index is 1.50. The molecule has 1 amide bonds. The second-order valence-corrected chi connectivity index (χ2v) is 7.36. The second kappa shape index (κ2) is 7.96. The van der Waals surface area contributed by atoms with Gasteiger partial charge in [0.15, 0.2) is 0 Å². The summed E-state index contributed by atoms with van der Waals surface area (Å²) in [7, 11) is 0. The van der Waals surface area contributed by atoms with Gasteiger partial charge < -0.3 is 5.32 Å². The molecule has 2 atom stereocenters. The van der Waals surface area contributed by atoms with E-state index in [2.05, 4.69) is 34.9 Å². The molecule has 0 heterocycles. The van der Waals surface area contributed by atoms with E-state index in [9.17, 15) is 4.79 Å². The molecule has 3 heteroatoms. The van der Waals surface area contributed by atoms with Crippen LogP contribution in [0, 0.1) is 11.8 Å². The SMILES string of the molecule is CC(NC(c1ccccc1)C1CC1)C(=O)NCC1CCCCC1. The summed E-state index contributed by atoms with van der Waals surface area (Å²) in [5, 5.41) is 6.74. The standard InChI is InChI=1S/C20H30N2O/c1-15(20(23)21-14-16-8-4-2-5-9-16)22-19(18-12-13-18)17-10-6-3-7-11-17/h3,6-7,10-11,15-16,18-19,22H,2,4-5,8-9,12-14H2,1H3,(H,21,23). The van der Waals surface area contributed by atoms with Crippen LogP contribution < -0.4 is 10.6 Å². The van der Waals surface area contributed by atoms with Gasteiger partial charge >= 0.3 is 0 Å². The van der Waals surface area contributed by atoms with Crippen molar-refractivity contribution in [2.75, 3.05) is 6.54 Å². The third-order valence-corrected chi connectivity index (χ3v) is 5.36. The van der Waals surface area contributed by atoms with Gasteiger partial charge in [-0.15, -0.1) is 0 Å². The molecular formula is C20H30N2O. The average molecular weight is 314 g/mol. The molecule has 0 radical (unpaired) electrons. The minimum absolute atomic E-state index is 0.135. The highest BCUT2D eigenvalue weighted by molar-refractivity contribution is 5.81. The number of carbonyl (C=O) groups excluding carboxylic acids is 1. The quantitative estimate of drug-likeness (QED) is 0.803. The van der Waals surface area contributed by atoms with Gasteiger partial charge in [-0.1, -0.05) is 49.6 Å². The number of nitrogens with one attached hydrogen (secondary N) is 2. The highest BCUT2D eigenvalue weighted by atomic mass is 16.2. The smallest absolute Gasteiger partial charge is 0.236 e. The van der Waals surface area contributed by atoms with Gasteiger partial charge in [-0.2, -0.15) is 0 Å². The van der Waals surface area contributed by atoms with Gasteiger partial charge in [-0.25, -0.2) is 0 Å². The van der Waals surface area contributed by atoms with E-state index in [-0.39, 0.29) is 11.9 Å². The Morgan fingerprint density at radius 3 is 2.43 bits per heavy atom. The van der Waals surface area contributed by atoms with Crippen LogP contribution in [-0.4, -0.2) is 18.5 Å². The summed E-state index contributed by atoms with van der Waals surface area (Å²) in [5.41, 5.74) is 1.31. The lowest BCUT2D eigenvalue weighted by molar-refractivity contribution is -0.123. The van der Waals surface area contributed by atoms with Crippen molar-refractivity contribution in [1.29, 1.82) is 0 Å². The van der Waals surface area contributed by atoms with Gasteiger partial charge in [0.25, 0.3) is 0 Å². The zero-order valence-corrected chi connectivity index (χ0v) is 14.3. The van der Waals surface area contributed by atoms with Crippen LogP contribution in [0.3, 0.4) is 0 Å². The maximum absolute atomic E-state index is 12.4. The van der Waals surface area contributed by atoms with Crippen molar-refractivity contribution in [3.63, 3.8) is 0 Å². The maximum Gasteiger partial charge on any atom is 0.236 e. The summed E-state index contributed by atoms with van der Waals surface area (Å²) in [6, 6.07) is 10.7. The van der Waals surface area contributed by atoms with Crippen LogP contribution in [0.1, 0.15) is 63.5 Å². The van der Waals surface area contributed by atoms with Gasteiger partial charge in [-0.05, 0) is 50.0 Å². The summed E-state index contributed by atoms with van der Waals surface area (Å²) in [5.74, 6) is 1.52. The van der Waals surface area contributed by atoms with Crippen molar-refractivity contribution in [2.24, 2.45) is 11.8 Å². The highest BCUT2D eigenvalue weighted by Gasteiger charge is 2.33. The van der Waals surface area contributed by atoms with Crippen molar-refractivity contribution in [3.8, 4) is 0 Å². The lowest BCUT2D eigenvalue weighted by Crippen LogP contribution is -2.45. The Kier molecular flexibility index (Phi) is 5.71. The minimum Gasteiger partial charge on any atom is -0.354 e. The predicted molar refractivity (Wildman–Crippen MR) is 94.1 cm³/mol. The second-order valence-electron chi connectivity index (χ2n) is 7.36. The van der Waals surface area contributed by atoms with E-state index in [0.29, 0.717) is 17.9 Å². The Hall–Kier alpha value is -1.35. The lowest BCUT2D eigenvalue weighted by Gasteiger charge is -2.25. The van der Waals surface area contributed by atoms with E-state index < -0.39 is 0 Å². The van der Waals surface area contributed by atoms with Gasteiger partial charge in [0.2, 0.25) is 5.91 Å². The van der Waals surface area contributed by atoms with Crippen LogP contribution in [0.25, 0.3) is 0 Å². The monoisotopic (exact) mass is 314 g/mol. The van der Waals surface area contributed by atoms with Crippen molar-refractivity contribution in [1.82, 2.24) is 10.6 Å². The van der Waals surface area contributed by atoms with Crippen LogP contribution in [0.5, 0.6) is 0 Å². The molecule has 2 unspecified atom stereocenters. The van der Waals surface area contributed by atoms with Crippen LogP contribution in [0.4, 0.5) is 0 Å². The fraction of sp³-hybridized carbons (Fsp3) is 0.650. The molecule has 2 aliphatic carbocycles. The Morgan fingerprint density at radius 2 is 1.78 bits per heavy atom. The van der Waals surface area contributed by atoms with Crippen molar-refractivity contribution in [3.05, 3.63) is 35.9 Å². The van der Waals surface area contributed by atoms with Gasteiger partial charge in [0.1, 0.15) is 0 Å². The topological polar surface area (TPSA) is 41.1 Å². The first-order chi connectivity index (χ1) is 11.2. The van der Waals surface area contributed by atoms with Crippen LogP contribution in [-0.2, 0) is 4.79 Å². The summed E-state index contributed by atoms with van der Waals surface area (Å²) < 4.78 is 0. The first-order valence-corrected chi connectivity index (χ1v) is 9.32. The van der Waals surface area contributed by atoms with E-state index >= 15 is 0 Å². The Bertz CT molecular complexity index is 492. The fourth-order valence-electron chi connectivity index (χ4n) is 3.73. The predicted octanol–water partition coefficient (Wildman–Crippen LogP) is 3.81. The van der Waals surface area contributed by atoms with E-state index in [0.717, 1.165) is 6.54 Å². The number of amides is 1. The molecule has 2 aliphatic rings. The number of hydrogen-bond acceptors (Lipinski definition) is 2. The van der Waals surface area contributed by atoms with Crippen LogP contribution in [0.15, 0.2) is 30.3 Å². The molecule has 0 spiro atoms. The Morgan fingerprint density at radius 1 is 1.09 bits per heavy atom. The van der Waals surface area contributed by atoms with E-state index in [4.69, 9.17) is 0 Å². The number of hydrogen-bond donors (Lipinski definition) is 2. The molecule has 126 valence electrons. The average Bonchev–Trinajstić information content (AvgIpc) is 3.44. The largest absolute Gasteiger partial charge is 0.354 e. The van der Waals surface area contributed by atoms with Crippen molar-refractivity contribution >= 4 is 5.91 Å². The zero-order valence-electron chi connectivity index (χ0n) is 14.3. The van der Waals surface area contributed by atoms with Gasteiger partial charge in [0, 0.05) is 12.6 Å². The first-order valence-electron chi connectivity index (χ1n) is 9.32. The van der Waals surface area contributed by atoms with Crippen LogP contribution in [0.2, 0.25) is 0 Å². The highest BCUT2D eigenvalue weighted by Crippen LogP contribution is 2.41. The molecule has 0 aromatic heterocycles. The number of carbonyl (C=O) groups is 1. The van der Waals surface area contributed by atoms with E-state index in [1.54, 1.807) is 0 Å². The third kappa shape index (κ3) is 4.81. The Labute approximate surface area is 140 Å². The number of rotatable bonds is 7. The molecule has 2 fully saturated rings. The number of benzene rings is 1. The molecule has 3 nitrogen and oxygen atoms in total. The molecule has 3 rings (SSSR count). The minimum atomic E-state index is -0.135. The van der Waals surface area contributed by atoms with E-state index in [1.165, 1.54) is 50.5 Å². The molecule has 0 bridgehead atoms. The van der Waals surface area contributed by atoms with Crippen molar-refractivity contribution in [2.45, 2.75) is 64.0 Å². The fourth-order valence-corrected chi connectivity index (χ4v) is 3.73. The molecule has 1 aromatic carbocycles. The zero-order chi connectivity index (χ0) is 16.1. The van der Waals surface area contributed by atoms with Gasteiger partial charge in [0.05, 0.1) is 6.04 Å². The molecule has 1 aromatic rings. The summed E-state index contributed by atoms with van der Waals surface area (Å²) in [6.07, 6.45) is 9.10. The van der Waals surface area contributed by atoms with E-state index in [1.807, 2.05) is 13.0 Å². The lowest BCUT2D eigenvalue weighted by atomic mass is 9.89. The van der Waals surface area contributed by atoms with Crippen LogP contribution >= 0.6 is 0 Å². The third-order valence-electron chi connectivity index (χ3n) is 5.36. The molecule has 0 aliphatic heterocycles. The molecule has 0 saturated heterocycles. The molecule has 2 saturated carbocycles.